The molecule has 0 radical (unpaired) electrons. The Morgan fingerprint density at radius 1 is 0.667 bits per heavy atom. The van der Waals surface area contributed by atoms with Gasteiger partial charge in [0.15, 0.2) is 6.10 Å². The van der Waals surface area contributed by atoms with Gasteiger partial charge in [0.25, 0.3) is 0 Å². The summed E-state index contributed by atoms with van der Waals surface area (Å²) in [6, 6.07) is 0. The summed E-state index contributed by atoms with van der Waals surface area (Å²) in [6.45, 7) is 5.21. The van der Waals surface area contributed by atoms with Crippen molar-refractivity contribution in [3.05, 3.63) is 48.6 Å². The molecule has 0 aromatic carbocycles. The van der Waals surface area contributed by atoms with Crippen molar-refractivity contribution in [3.8, 4) is 0 Å². The largest absolute Gasteiger partial charge is 0.472 e. The highest BCUT2D eigenvalue weighted by Gasteiger charge is 2.27. The Morgan fingerprint density at radius 2 is 1.15 bits per heavy atom. The molecule has 1 saturated heterocycles. The molecule has 0 aliphatic carbocycles. The fourth-order valence-corrected chi connectivity index (χ4v) is 6.78. The van der Waals surface area contributed by atoms with Gasteiger partial charge < -0.3 is 24.2 Å². The van der Waals surface area contributed by atoms with Crippen LogP contribution in [0.15, 0.2) is 48.6 Å². The average molecular weight is 868 g/mol. The number of nitrogens with one attached hydrogen (secondary N) is 1. The van der Waals surface area contributed by atoms with Crippen LogP contribution in [0.1, 0.15) is 181 Å². The maximum atomic E-state index is 12.6. The van der Waals surface area contributed by atoms with Gasteiger partial charge in [-0.2, -0.15) is 0 Å². The Morgan fingerprint density at radius 3 is 1.63 bits per heavy atom. The third kappa shape index (κ3) is 43.5. The van der Waals surface area contributed by atoms with Gasteiger partial charge in [0.2, 0.25) is 5.91 Å². The summed E-state index contributed by atoms with van der Waals surface area (Å²) in [5.41, 5.74) is 0. The molecule has 1 heterocycles. The quantitative estimate of drug-likeness (QED) is 0.0204. The molecule has 11 nitrogen and oxygen atoms in total. The van der Waals surface area contributed by atoms with Crippen LogP contribution in [0.5, 0.6) is 0 Å². The highest BCUT2D eigenvalue weighted by molar-refractivity contribution is 7.47. The number of quaternary nitrogens is 1. The van der Waals surface area contributed by atoms with Crippen molar-refractivity contribution < 1.29 is 46.8 Å². The molecule has 1 aliphatic rings. The number of carbonyl (C=O) groups is 3. The second-order valence-corrected chi connectivity index (χ2v) is 18.3. The number of unbranched alkanes of at least 4 members (excludes halogenated alkanes) is 16. The third-order valence-electron chi connectivity index (χ3n) is 9.76. The molecule has 0 aromatic rings. The van der Waals surface area contributed by atoms with E-state index >= 15 is 0 Å². The highest BCUT2D eigenvalue weighted by Crippen LogP contribution is 2.43. The van der Waals surface area contributed by atoms with Crippen LogP contribution in [0.4, 0.5) is 0 Å². The van der Waals surface area contributed by atoms with Gasteiger partial charge in [0, 0.05) is 25.8 Å². The monoisotopic (exact) mass is 868 g/mol. The number of likely N-dealkylation sites (N-methyl/N-ethyl adjacent to an activating group) is 1. The van der Waals surface area contributed by atoms with E-state index in [1.165, 1.54) is 89.9 Å². The lowest BCUT2D eigenvalue weighted by Crippen LogP contribution is -2.37. The van der Waals surface area contributed by atoms with Gasteiger partial charge in [-0.15, -0.1) is 0 Å². The number of phosphoric acid groups is 1. The minimum Gasteiger partial charge on any atom is -0.462 e. The van der Waals surface area contributed by atoms with Crippen molar-refractivity contribution in [3.63, 3.8) is 0 Å². The first-order chi connectivity index (χ1) is 28.9. The van der Waals surface area contributed by atoms with Gasteiger partial charge in [-0.3, -0.25) is 23.4 Å². The molecule has 1 rings (SSSR count). The molecule has 0 bridgehead atoms. The van der Waals surface area contributed by atoms with Gasteiger partial charge in [-0.25, -0.2) is 4.57 Å². The van der Waals surface area contributed by atoms with Crippen LogP contribution in [0, 0.1) is 0 Å². The zero-order valence-corrected chi connectivity index (χ0v) is 39.6. The number of esters is 2. The SMILES string of the molecule is CCCCC/C=C\C/C=C\C/C=C\C/C=C\CCCC(=O)O[C@H](COC(=O)CCCCCCCCCCCCCCC)COP(=O)(O)OCC[N+](C)(C)C.O=C1CCCN1. The van der Waals surface area contributed by atoms with Gasteiger partial charge in [0.1, 0.15) is 19.8 Å². The first-order valence-electron chi connectivity index (χ1n) is 23.5. The normalized spacial score (nSPS) is 14.8. The number of rotatable bonds is 38. The molecule has 60 heavy (non-hydrogen) atoms. The Hall–Kier alpha value is -2.56. The molecular formula is C48H88N2O9P+. The van der Waals surface area contributed by atoms with E-state index in [1.807, 2.05) is 27.2 Å². The van der Waals surface area contributed by atoms with E-state index in [0.717, 1.165) is 57.9 Å². The third-order valence-corrected chi connectivity index (χ3v) is 10.7. The predicted molar refractivity (Wildman–Crippen MR) is 246 cm³/mol. The lowest BCUT2D eigenvalue weighted by molar-refractivity contribution is -0.870. The summed E-state index contributed by atoms with van der Waals surface area (Å²) in [7, 11) is 1.44. The van der Waals surface area contributed by atoms with Crippen LogP contribution in [-0.2, 0) is 37.5 Å². The number of amides is 1. The highest BCUT2D eigenvalue weighted by atomic mass is 31.2. The van der Waals surface area contributed by atoms with Crippen LogP contribution < -0.4 is 5.32 Å². The summed E-state index contributed by atoms with van der Waals surface area (Å²) in [4.78, 5) is 45.4. The number of hydrogen-bond donors (Lipinski definition) is 2. The summed E-state index contributed by atoms with van der Waals surface area (Å²) in [5, 5.41) is 2.68. The Labute approximate surface area is 366 Å². The lowest BCUT2D eigenvalue weighted by atomic mass is 10.0. The molecular weight excluding hydrogens is 780 g/mol. The summed E-state index contributed by atoms with van der Waals surface area (Å²) in [6.07, 6.45) is 43.4. The topological polar surface area (TPSA) is 137 Å². The number of allylic oxidation sites excluding steroid dienone is 8. The molecule has 2 atom stereocenters. The zero-order valence-electron chi connectivity index (χ0n) is 38.7. The van der Waals surface area contributed by atoms with E-state index in [9.17, 15) is 23.8 Å². The number of nitrogens with zero attached hydrogens (tertiary/aromatic N) is 1. The van der Waals surface area contributed by atoms with E-state index in [1.54, 1.807) is 0 Å². The van der Waals surface area contributed by atoms with Crippen molar-refractivity contribution in [2.45, 2.75) is 187 Å². The van der Waals surface area contributed by atoms with Gasteiger partial charge in [-0.05, 0) is 57.8 Å². The van der Waals surface area contributed by atoms with Gasteiger partial charge >= 0.3 is 19.8 Å². The fourth-order valence-electron chi connectivity index (χ4n) is 6.04. The van der Waals surface area contributed by atoms with E-state index in [-0.39, 0.29) is 37.9 Å². The number of carbonyl (C=O) groups excluding carboxylic acids is 3. The standard InChI is InChI=1S/C44H80NO8P.C4H7NO/c1-6-8-10-12-14-16-18-20-21-22-23-25-27-29-31-33-35-37-44(47)53-42(41-52-54(48,49)51-39-38-45(3,4)5)40-50-43(46)36-34-32-30-28-26-24-19-17-15-13-11-9-7-2;6-4-2-1-3-5-4/h14,16,20-21,23,25,29,31,42H,6-13,15,17-19,22,24,26-28,30,32-41H2,1-5H3;1-3H2,(H,5,6)/p+1/b16-14-,21-20-,25-23-,31-29-;/t42-;/m1./s1. The molecule has 1 fully saturated rings. The summed E-state index contributed by atoms with van der Waals surface area (Å²) in [5.74, 6) is -0.660. The van der Waals surface area contributed by atoms with Crippen molar-refractivity contribution in [2.75, 3.05) is 54.1 Å². The van der Waals surface area contributed by atoms with Crippen molar-refractivity contribution in [1.29, 1.82) is 0 Å². The van der Waals surface area contributed by atoms with Crippen LogP contribution >= 0.6 is 7.82 Å². The number of ether oxygens (including phenoxy) is 2. The first kappa shape index (κ1) is 57.4. The maximum absolute atomic E-state index is 12.6. The number of hydrogen-bond acceptors (Lipinski definition) is 8. The van der Waals surface area contributed by atoms with Crippen molar-refractivity contribution in [2.24, 2.45) is 0 Å². The van der Waals surface area contributed by atoms with Crippen LogP contribution in [0.2, 0.25) is 0 Å². The van der Waals surface area contributed by atoms with Gasteiger partial charge in [0.05, 0.1) is 27.7 Å². The fraction of sp³-hybridized carbons (Fsp3) is 0.771. The molecule has 1 aliphatic heterocycles. The number of phosphoric ester groups is 1. The first-order valence-corrected chi connectivity index (χ1v) is 25.0. The second kappa shape index (κ2) is 40.5. The maximum Gasteiger partial charge on any atom is 0.472 e. The van der Waals surface area contributed by atoms with E-state index < -0.39 is 26.5 Å². The Kier molecular flexibility index (Phi) is 38.8. The minimum atomic E-state index is -4.39. The molecule has 0 aromatic heterocycles. The zero-order chi connectivity index (χ0) is 44.4. The van der Waals surface area contributed by atoms with Crippen LogP contribution in [-0.4, -0.2) is 87.4 Å². The van der Waals surface area contributed by atoms with Crippen molar-refractivity contribution >= 4 is 25.7 Å². The van der Waals surface area contributed by atoms with Crippen molar-refractivity contribution in [1.82, 2.24) is 5.32 Å². The minimum absolute atomic E-state index is 0.0212. The van der Waals surface area contributed by atoms with Gasteiger partial charge in [-0.1, -0.05) is 152 Å². The predicted octanol–water partition coefficient (Wildman–Crippen LogP) is 11.8. The molecule has 0 spiro atoms. The van der Waals surface area contributed by atoms with Crippen LogP contribution in [0.25, 0.3) is 0 Å². The lowest BCUT2D eigenvalue weighted by Gasteiger charge is -2.24. The summed E-state index contributed by atoms with van der Waals surface area (Å²) >= 11 is 0. The smallest absolute Gasteiger partial charge is 0.462 e. The van der Waals surface area contributed by atoms with Crippen LogP contribution in [0.3, 0.4) is 0 Å². The second-order valence-electron chi connectivity index (χ2n) is 16.8. The van der Waals surface area contributed by atoms with E-state index in [0.29, 0.717) is 23.9 Å². The Bertz CT molecular complexity index is 1220. The molecule has 0 saturated carbocycles. The molecule has 1 unspecified atom stereocenters. The molecule has 12 heteroatoms. The molecule has 2 N–H and O–H groups in total. The molecule has 348 valence electrons. The van der Waals surface area contributed by atoms with E-state index in [2.05, 4.69) is 61.7 Å². The Balaban J connectivity index is 0.00000528. The molecule has 1 amide bonds. The average Bonchev–Trinajstić information content (AvgIpc) is 3.69. The summed E-state index contributed by atoms with van der Waals surface area (Å²) < 4.78 is 34.2. The van der Waals surface area contributed by atoms with E-state index in [4.69, 9.17) is 18.5 Å².